The van der Waals surface area contributed by atoms with E-state index in [1.807, 2.05) is 11.4 Å². The van der Waals surface area contributed by atoms with Crippen molar-refractivity contribution in [2.45, 2.75) is 22.4 Å². The van der Waals surface area contributed by atoms with Crippen molar-refractivity contribution in [1.29, 1.82) is 0 Å². The maximum atomic E-state index is 9.62. The predicted molar refractivity (Wildman–Crippen MR) is 60.2 cm³/mol. The molecule has 0 fully saturated rings. The third kappa shape index (κ3) is 3.57. The average molecular weight is 276 g/mol. The van der Waals surface area contributed by atoms with Crippen LogP contribution >= 0.6 is 46.1 Å². The molecule has 0 radical (unpaired) electrons. The molecule has 0 saturated heterocycles. The van der Waals surface area contributed by atoms with E-state index in [0.717, 1.165) is 4.88 Å². The Balaban J connectivity index is 2.53. The second-order valence-electron chi connectivity index (χ2n) is 2.82. The highest BCUT2D eigenvalue weighted by atomic mass is 35.6. The molecule has 0 amide bonds. The van der Waals surface area contributed by atoms with Gasteiger partial charge < -0.3 is 10.2 Å². The summed E-state index contributed by atoms with van der Waals surface area (Å²) in [6, 6.07) is 3.57. The fourth-order valence-electron chi connectivity index (χ4n) is 0.942. The molecular weight excluding hydrogens is 267 g/mol. The SMILES string of the molecule is O[C@H](C[C@@H](O)C(Cl)(Cl)Cl)c1cccs1. The van der Waals surface area contributed by atoms with Crippen LogP contribution in [0.1, 0.15) is 17.4 Å². The third-order valence-corrected chi connectivity index (χ3v) is 3.43. The molecule has 0 bridgehead atoms. The molecule has 2 N–H and O–H groups in total. The van der Waals surface area contributed by atoms with Gasteiger partial charge in [0.2, 0.25) is 3.79 Å². The van der Waals surface area contributed by atoms with E-state index in [4.69, 9.17) is 34.8 Å². The van der Waals surface area contributed by atoms with Crippen molar-refractivity contribution < 1.29 is 10.2 Å². The second kappa shape index (κ2) is 5.01. The van der Waals surface area contributed by atoms with Crippen molar-refractivity contribution in [1.82, 2.24) is 0 Å². The molecule has 0 unspecified atom stereocenters. The number of aliphatic hydroxyl groups excluding tert-OH is 2. The Morgan fingerprint density at radius 2 is 2.00 bits per heavy atom. The molecule has 0 spiro atoms. The Hall–Kier alpha value is 0.490. The van der Waals surface area contributed by atoms with E-state index < -0.39 is 16.0 Å². The highest BCUT2D eigenvalue weighted by Gasteiger charge is 2.32. The summed E-state index contributed by atoms with van der Waals surface area (Å²) >= 11 is 17.8. The summed E-state index contributed by atoms with van der Waals surface area (Å²) in [7, 11) is 0. The first-order chi connectivity index (χ1) is 6.41. The first-order valence-corrected chi connectivity index (χ1v) is 5.89. The molecule has 0 saturated carbocycles. The number of hydrogen-bond donors (Lipinski definition) is 2. The molecule has 2 atom stereocenters. The lowest BCUT2D eigenvalue weighted by Crippen LogP contribution is -2.27. The van der Waals surface area contributed by atoms with Gasteiger partial charge in [0, 0.05) is 11.3 Å². The monoisotopic (exact) mass is 274 g/mol. The van der Waals surface area contributed by atoms with Crippen LogP contribution in [-0.4, -0.2) is 20.1 Å². The number of rotatable bonds is 3. The fourth-order valence-corrected chi connectivity index (χ4v) is 1.93. The lowest BCUT2D eigenvalue weighted by molar-refractivity contribution is 0.0845. The largest absolute Gasteiger partial charge is 0.389 e. The van der Waals surface area contributed by atoms with Gasteiger partial charge in [0.05, 0.1) is 6.10 Å². The summed E-state index contributed by atoms with van der Waals surface area (Å²) in [5.74, 6) is 0. The lowest BCUT2D eigenvalue weighted by Gasteiger charge is -2.20. The van der Waals surface area contributed by atoms with E-state index in [2.05, 4.69) is 0 Å². The van der Waals surface area contributed by atoms with Crippen LogP contribution in [0.4, 0.5) is 0 Å². The van der Waals surface area contributed by atoms with Crippen molar-refractivity contribution in [2.75, 3.05) is 0 Å². The van der Waals surface area contributed by atoms with Gasteiger partial charge in [-0.05, 0) is 11.4 Å². The van der Waals surface area contributed by atoms with Gasteiger partial charge in [0.1, 0.15) is 6.10 Å². The Morgan fingerprint density at radius 1 is 1.36 bits per heavy atom. The summed E-state index contributed by atoms with van der Waals surface area (Å²) < 4.78 is -1.75. The van der Waals surface area contributed by atoms with Crippen LogP contribution in [0.2, 0.25) is 0 Å². The normalized spacial score (nSPS) is 16.6. The average Bonchev–Trinajstić information content (AvgIpc) is 2.53. The van der Waals surface area contributed by atoms with Gasteiger partial charge in [-0.15, -0.1) is 11.3 Å². The van der Waals surface area contributed by atoms with Crippen LogP contribution in [0.15, 0.2) is 17.5 Å². The van der Waals surface area contributed by atoms with E-state index in [1.54, 1.807) is 6.07 Å². The van der Waals surface area contributed by atoms with Crippen molar-refractivity contribution in [3.05, 3.63) is 22.4 Å². The maximum absolute atomic E-state index is 9.62. The number of halogens is 3. The topological polar surface area (TPSA) is 40.5 Å². The van der Waals surface area contributed by atoms with Gasteiger partial charge in [-0.1, -0.05) is 40.9 Å². The van der Waals surface area contributed by atoms with Crippen LogP contribution in [0.3, 0.4) is 0 Å². The summed E-state index contributed by atoms with van der Waals surface area (Å²) in [6.07, 6.45) is -1.96. The standard InChI is InChI=1S/C8H9Cl3O2S/c9-8(10,11)7(13)4-5(12)6-2-1-3-14-6/h1-3,5,7,12-13H,4H2/t5-,7-/m1/s1. The third-order valence-electron chi connectivity index (χ3n) is 1.70. The minimum Gasteiger partial charge on any atom is -0.389 e. The van der Waals surface area contributed by atoms with Crippen molar-refractivity contribution in [2.24, 2.45) is 0 Å². The summed E-state index contributed by atoms with van der Waals surface area (Å²) in [6.45, 7) is 0. The summed E-state index contributed by atoms with van der Waals surface area (Å²) in [4.78, 5) is 0.748. The molecule has 0 aliphatic carbocycles. The smallest absolute Gasteiger partial charge is 0.216 e. The van der Waals surface area contributed by atoms with Crippen LogP contribution < -0.4 is 0 Å². The molecule has 14 heavy (non-hydrogen) atoms. The van der Waals surface area contributed by atoms with Gasteiger partial charge in [0.15, 0.2) is 0 Å². The Morgan fingerprint density at radius 3 is 2.43 bits per heavy atom. The van der Waals surface area contributed by atoms with Crippen molar-refractivity contribution in [3.8, 4) is 0 Å². The van der Waals surface area contributed by atoms with Gasteiger partial charge in [0.25, 0.3) is 0 Å². The van der Waals surface area contributed by atoms with Gasteiger partial charge in [-0.2, -0.15) is 0 Å². The zero-order chi connectivity index (χ0) is 10.8. The first kappa shape index (κ1) is 12.6. The minimum atomic E-state index is -1.75. The van der Waals surface area contributed by atoms with E-state index in [-0.39, 0.29) is 6.42 Å². The van der Waals surface area contributed by atoms with E-state index in [9.17, 15) is 10.2 Å². The minimum absolute atomic E-state index is 0.0109. The Kier molecular flexibility index (Phi) is 4.50. The first-order valence-electron chi connectivity index (χ1n) is 3.87. The van der Waals surface area contributed by atoms with Crippen molar-refractivity contribution in [3.63, 3.8) is 0 Å². The number of alkyl halides is 3. The van der Waals surface area contributed by atoms with E-state index in [0.29, 0.717) is 0 Å². The molecule has 0 aliphatic heterocycles. The zero-order valence-corrected chi connectivity index (χ0v) is 10.1. The number of aliphatic hydroxyl groups is 2. The fraction of sp³-hybridized carbons (Fsp3) is 0.500. The number of thiophene rings is 1. The van der Waals surface area contributed by atoms with Crippen LogP contribution in [0.5, 0.6) is 0 Å². The molecule has 1 aromatic rings. The molecule has 1 heterocycles. The Labute approximate surface area is 101 Å². The molecule has 80 valence electrons. The van der Waals surface area contributed by atoms with E-state index >= 15 is 0 Å². The zero-order valence-electron chi connectivity index (χ0n) is 7.03. The van der Waals surface area contributed by atoms with Crippen LogP contribution in [-0.2, 0) is 0 Å². The molecule has 1 rings (SSSR count). The molecule has 6 heteroatoms. The molecular formula is C8H9Cl3O2S. The highest BCUT2D eigenvalue weighted by molar-refractivity contribution is 7.10. The molecule has 0 aliphatic rings. The quantitative estimate of drug-likeness (QED) is 0.833. The Bertz CT molecular complexity index is 271. The van der Waals surface area contributed by atoms with Crippen LogP contribution in [0.25, 0.3) is 0 Å². The second-order valence-corrected chi connectivity index (χ2v) is 6.17. The highest BCUT2D eigenvalue weighted by Crippen LogP contribution is 2.35. The number of hydrogen-bond acceptors (Lipinski definition) is 3. The van der Waals surface area contributed by atoms with Crippen molar-refractivity contribution >= 4 is 46.1 Å². The van der Waals surface area contributed by atoms with Gasteiger partial charge in [-0.25, -0.2) is 0 Å². The van der Waals surface area contributed by atoms with Crippen LogP contribution in [0, 0.1) is 0 Å². The lowest BCUT2D eigenvalue weighted by atomic mass is 10.1. The predicted octanol–water partition coefficient (Wildman–Crippen LogP) is 2.90. The molecule has 0 aromatic carbocycles. The van der Waals surface area contributed by atoms with Gasteiger partial charge in [-0.3, -0.25) is 0 Å². The van der Waals surface area contributed by atoms with Gasteiger partial charge >= 0.3 is 0 Å². The molecule has 2 nitrogen and oxygen atoms in total. The maximum Gasteiger partial charge on any atom is 0.216 e. The van der Waals surface area contributed by atoms with E-state index in [1.165, 1.54) is 11.3 Å². The summed E-state index contributed by atoms with van der Waals surface area (Å²) in [5, 5.41) is 20.9. The summed E-state index contributed by atoms with van der Waals surface area (Å²) in [5.41, 5.74) is 0. The molecule has 1 aromatic heterocycles.